The number of benzene rings is 1. The summed E-state index contributed by atoms with van der Waals surface area (Å²) in [5.41, 5.74) is -0.842. The fourth-order valence-corrected chi connectivity index (χ4v) is 2.17. The van der Waals surface area contributed by atoms with Gasteiger partial charge in [-0.15, -0.1) is 0 Å². The van der Waals surface area contributed by atoms with Crippen molar-refractivity contribution in [2.75, 3.05) is 19.5 Å². The number of alkyl halides is 3. The van der Waals surface area contributed by atoms with Gasteiger partial charge in [0.25, 0.3) is 0 Å². The normalized spacial score (nSPS) is 10.4. The van der Waals surface area contributed by atoms with Crippen LogP contribution in [0.1, 0.15) is 35.5 Å². The van der Waals surface area contributed by atoms with Crippen LogP contribution < -0.4 is 10.1 Å². The van der Waals surface area contributed by atoms with Crippen molar-refractivity contribution in [1.82, 2.24) is 4.98 Å². The number of hydrogen-bond acceptors (Lipinski definition) is 5. The Morgan fingerprint density at radius 3 is 2.29 bits per heavy atom. The molecule has 0 aliphatic rings. The molecule has 0 atom stereocenters. The van der Waals surface area contributed by atoms with Crippen molar-refractivity contribution in [2.45, 2.75) is 26.4 Å². The molecule has 152 valence electrons. The minimum Gasteiger partial charge on any atom is -0.497 e. The zero-order valence-electron chi connectivity index (χ0n) is 15.9. The topological polar surface area (TPSA) is 77.5 Å². The highest BCUT2D eigenvalue weighted by Gasteiger charge is 2.34. The van der Waals surface area contributed by atoms with E-state index < -0.39 is 30.0 Å². The third-order valence-electron chi connectivity index (χ3n) is 3.42. The van der Waals surface area contributed by atoms with Gasteiger partial charge in [-0.25, -0.2) is 9.78 Å². The van der Waals surface area contributed by atoms with E-state index in [2.05, 4.69) is 15.0 Å². The zero-order chi connectivity index (χ0) is 21.3. The number of carbonyl (C=O) groups excluding carboxylic acids is 2. The van der Waals surface area contributed by atoms with Crippen molar-refractivity contribution in [3.05, 3.63) is 53.3 Å². The largest absolute Gasteiger partial charge is 0.497 e. The Morgan fingerprint density at radius 2 is 1.79 bits per heavy atom. The quantitative estimate of drug-likeness (QED) is 0.768. The van der Waals surface area contributed by atoms with E-state index in [4.69, 9.17) is 4.74 Å². The van der Waals surface area contributed by atoms with Gasteiger partial charge in [-0.3, -0.25) is 4.79 Å². The molecule has 0 fully saturated rings. The number of rotatable bonds is 5. The molecule has 0 bridgehead atoms. The second-order valence-electron chi connectivity index (χ2n) is 5.17. The molecular formula is C19H21F3N2O4. The summed E-state index contributed by atoms with van der Waals surface area (Å²) < 4.78 is 48.8. The number of pyridine rings is 1. The molecule has 28 heavy (non-hydrogen) atoms. The molecule has 1 aromatic heterocycles. The number of anilines is 1. The molecule has 1 heterocycles. The molecule has 2 aromatic rings. The van der Waals surface area contributed by atoms with Gasteiger partial charge in [0.15, 0.2) is 0 Å². The van der Waals surface area contributed by atoms with Crippen molar-refractivity contribution in [3.63, 3.8) is 0 Å². The highest BCUT2D eigenvalue weighted by molar-refractivity contribution is 5.93. The van der Waals surface area contributed by atoms with Crippen molar-refractivity contribution >= 4 is 17.6 Å². The van der Waals surface area contributed by atoms with Crippen LogP contribution in [0.15, 0.2) is 36.5 Å². The molecule has 0 aliphatic carbocycles. The van der Waals surface area contributed by atoms with Gasteiger partial charge in [0, 0.05) is 0 Å². The van der Waals surface area contributed by atoms with E-state index in [1.165, 1.54) is 44.7 Å². The van der Waals surface area contributed by atoms with Crippen LogP contribution in [0.3, 0.4) is 0 Å². The lowest BCUT2D eigenvalue weighted by Crippen LogP contribution is -2.18. The molecule has 0 saturated carbocycles. The average Bonchev–Trinajstić information content (AvgIpc) is 2.69. The maximum Gasteiger partial charge on any atom is 0.416 e. The molecule has 9 heteroatoms. The molecule has 0 radical (unpaired) electrons. The molecule has 0 spiro atoms. The first-order valence-corrected chi connectivity index (χ1v) is 8.33. The Bertz CT molecular complexity index is 806. The predicted molar refractivity (Wildman–Crippen MR) is 97.3 cm³/mol. The number of ether oxygens (including phenoxy) is 2. The molecule has 1 N–H and O–H groups in total. The summed E-state index contributed by atoms with van der Waals surface area (Å²) in [6.45, 7) is 4.00. The first-order valence-electron chi connectivity index (χ1n) is 8.33. The van der Waals surface area contributed by atoms with E-state index in [1.54, 1.807) is 0 Å². The van der Waals surface area contributed by atoms with Crippen LogP contribution in [0, 0.1) is 0 Å². The summed E-state index contributed by atoms with van der Waals surface area (Å²) >= 11 is 0. The molecular weight excluding hydrogens is 377 g/mol. The van der Waals surface area contributed by atoms with Crippen LogP contribution in [-0.2, 0) is 22.1 Å². The smallest absolute Gasteiger partial charge is 0.416 e. The van der Waals surface area contributed by atoms with Gasteiger partial charge in [0.2, 0.25) is 5.91 Å². The first kappa shape index (κ1) is 22.9. The van der Waals surface area contributed by atoms with E-state index in [9.17, 15) is 22.8 Å². The minimum atomic E-state index is -4.62. The lowest BCUT2D eigenvalue weighted by molar-refractivity contribution is -0.138. The van der Waals surface area contributed by atoms with Gasteiger partial charge in [-0.2, -0.15) is 13.2 Å². The SMILES string of the molecule is CC.COC(=O)c1ccc(NC(=O)Cc2ccc(OC)cc2C(F)(F)F)cn1. The monoisotopic (exact) mass is 398 g/mol. The molecule has 0 aliphatic heterocycles. The number of esters is 1. The standard InChI is InChI=1S/C17H15F3N2O4.C2H6/c1-25-12-5-3-10(13(8-12)17(18,19)20)7-15(23)22-11-4-6-14(21-9-11)16(24)26-2;1-2/h3-6,8-9H,7H2,1-2H3,(H,22,23);1-2H3. The molecule has 2 rings (SSSR count). The van der Waals surface area contributed by atoms with E-state index in [0.717, 1.165) is 6.07 Å². The number of halogens is 3. The highest BCUT2D eigenvalue weighted by Crippen LogP contribution is 2.34. The number of nitrogens with zero attached hydrogens (tertiary/aromatic N) is 1. The Kier molecular flexibility index (Phi) is 8.43. The van der Waals surface area contributed by atoms with Gasteiger partial charge in [0.1, 0.15) is 11.4 Å². The van der Waals surface area contributed by atoms with Crippen LogP contribution in [0.25, 0.3) is 0 Å². The summed E-state index contributed by atoms with van der Waals surface area (Å²) in [6, 6.07) is 6.12. The summed E-state index contributed by atoms with van der Waals surface area (Å²) in [5, 5.41) is 2.43. The van der Waals surface area contributed by atoms with Crippen molar-refractivity contribution in [3.8, 4) is 5.75 Å². The van der Waals surface area contributed by atoms with Gasteiger partial charge in [0.05, 0.1) is 38.1 Å². The lowest BCUT2D eigenvalue weighted by atomic mass is 10.0. The third-order valence-corrected chi connectivity index (χ3v) is 3.42. The van der Waals surface area contributed by atoms with Gasteiger partial charge >= 0.3 is 12.1 Å². The van der Waals surface area contributed by atoms with Crippen LogP contribution in [0.5, 0.6) is 5.75 Å². The number of carbonyl (C=O) groups is 2. The second-order valence-corrected chi connectivity index (χ2v) is 5.17. The van der Waals surface area contributed by atoms with Crippen LogP contribution >= 0.6 is 0 Å². The average molecular weight is 398 g/mol. The van der Waals surface area contributed by atoms with E-state index in [-0.39, 0.29) is 22.7 Å². The van der Waals surface area contributed by atoms with E-state index in [1.807, 2.05) is 13.8 Å². The van der Waals surface area contributed by atoms with Crippen LogP contribution in [-0.4, -0.2) is 31.1 Å². The second kappa shape index (κ2) is 10.3. The van der Waals surface area contributed by atoms with Gasteiger partial charge in [-0.05, 0) is 29.8 Å². The summed E-state index contributed by atoms with van der Waals surface area (Å²) in [4.78, 5) is 27.1. The number of amides is 1. The van der Waals surface area contributed by atoms with Crippen molar-refractivity contribution in [1.29, 1.82) is 0 Å². The number of hydrogen-bond donors (Lipinski definition) is 1. The fourth-order valence-electron chi connectivity index (χ4n) is 2.17. The number of aromatic nitrogens is 1. The van der Waals surface area contributed by atoms with E-state index in [0.29, 0.717) is 0 Å². The van der Waals surface area contributed by atoms with Gasteiger partial charge in [-0.1, -0.05) is 19.9 Å². The maximum absolute atomic E-state index is 13.2. The summed E-state index contributed by atoms with van der Waals surface area (Å²) in [5.74, 6) is -1.26. The fraction of sp³-hybridized carbons (Fsp3) is 0.316. The predicted octanol–water partition coefficient (Wildman–Crippen LogP) is 4.10. The molecule has 1 aromatic carbocycles. The third kappa shape index (κ3) is 6.26. The Labute approximate surface area is 160 Å². The molecule has 1 amide bonds. The van der Waals surface area contributed by atoms with E-state index >= 15 is 0 Å². The maximum atomic E-state index is 13.2. The lowest BCUT2D eigenvalue weighted by Gasteiger charge is -2.14. The molecule has 6 nitrogen and oxygen atoms in total. The summed E-state index contributed by atoms with van der Waals surface area (Å²) in [6.07, 6.45) is -3.89. The Hall–Kier alpha value is -3.10. The Morgan fingerprint density at radius 1 is 1.11 bits per heavy atom. The number of nitrogens with one attached hydrogen (secondary N) is 1. The van der Waals surface area contributed by atoms with Gasteiger partial charge < -0.3 is 14.8 Å². The van der Waals surface area contributed by atoms with Crippen molar-refractivity contribution < 1.29 is 32.2 Å². The van der Waals surface area contributed by atoms with Crippen LogP contribution in [0.4, 0.5) is 18.9 Å². The number of methoxy groups -OCH3 is 2. The molecule has 0 unspecified atom stereocenters. The highest BCUT2D eigenvalue weighted by atomic mass is 19.4. The summed E-state index contributed by atoms with van der Waals surface area (Å²) in [7, 11) is 2.46. The minimum absolute atomic E-state index is 0.0417. The zero-order valence-corrected chi connectivity index (χ0v) is 15.9. The first-order chi connectivity index (χ1) is 13.2. The van der Waals surface area contributed by atoms with Crippen LogP contribution in [0.2, 0.25) is 0 Å². The molecule has 0 saturated heterocycles. The Balaban J connectivity index is 0.00000190. The van der Waals surface area contributed by atoms with Crippen molar-refractivity contribution in [2.24, 2.45) is 0 Å².